The van der Waals surface area contributed by atoms with Gasteiger partial charge in [0.25, 0.3) is 0 Å². The molecule has 0 spiro atoms. The van der Waals surface area contributed by atoms with Crippen LogP contribution in [-0.2, 0) is 19.2 Å². The minimum atomic E-state index is -0.427. The molecule has 3 amide bonds. The first-order valence-electron chi connectivity index (χ1n) is 8.24. The summed E-state index contributed by atoms with van der Waals surface area (Å²) >= 11 is 1.75. The van der Waals surface area contributed by atoms with Crippen LogP contribution in [0.2, 0.25) is 0 Å². The maximum Gasteiger partial charge on any atom is 0.239 e. The van der Waals surface area contributed by atoms with Gasteiger partial charge < -0.3 is 16.0 Å². The second kappa shape index (κ2) is 9.66. The van der Waals surface area contributed by atoms with Gasteiger partial charge in [-0.3, -0.25) is 19.2 Å². The minimum Gasteiger partial charge on any atom is -0.347 e. The predicted octanol–water partition coefficient (Wildman–Crippen LogP) is 0.236. The number of carbonyl (C=O) groups excluding carboxylic acids is 4. The van der Waals surface area contributed by atoms with Crippen molar-refractivity contribution in [2.24, 2.45) is 5.41 Å². The quantitative estimate of drug-likeness (QED) is 0.491. The van der Waals surface area contributed by atoms with Crippen LogP contribution >= 0.6 is 11.8 Å². The van der Waals surface area contributed by atoms with Gasteiger partial charge in [-0.1, -0.05) is 20.8 Å². The molecular weight excluding hydrogens is 330 g/mol. The molecule has 0 saturated heterocycles. The molecule has 0 aliphatic heterocycles. The summed E-state index contributed by atoms with van der Waals surface area (Å²) in [5, 5.41) is 7.95. The Labute approximate surface area is 147 Å². The van der Waals surface area contributed by atoms with E-state index < -0.39 is 11.8 Å². The minimum absolute atomic E-state index is 0.0298. The van der Waals surface area contributed by atoms with Crippen LogP contribution in [0.25, 0.3) is 0 Å². The highest BCUT2D eigenvalue weighted by Gasteiger charge is 2.49. The molecule has 3 N–H and O–H groups in total. The Balaban J connectivity index is 2.20. The first kappa shape index (κ1) is 20.5. The lowest BCUT2D eigenvalue weighted by atomic mass is 10.1. The number of hydrogen-bond acceptors (Lipinski definition) is 5. The van der Waals surface area contributed by atoms with Crippen molar-refractivity contribution >= 4 is 35.3 Å². The molecule has 24 heavy (non-hydrogen) atoms. The van der Waals surface area contributed by atoms with Gasteiger partial charge in [-0.25, -0.2) is 0 Å². The number of rotatable bonds is 11. The van der Waals surface area contributed by atoms with E-state index in [0.29, 0.717) is 11.7 Å². The van der Waals surface area contributed by atoms with Gasteiger partial charge >= 0.3 is 0 Å². The first-order valence-corrected chi connectivity index (χ1v) is 9.29. The van der Waals surface area contributed by atoms with Crippen molar-refractivity contribution in [3.8, 4) is 0 Å². The molecule has 1 fully saturated rings. The highest BCUT2D eigenvalue weighted by atomic mass is 32.2. The molecule has 8 heteroatoms. The largest absolute Gasteiger partial charge is 0.347 e. The summed E-state index contributed by atoms with van der Waals surface area (Å²) < 4.78 is 0. The molecule has 0 radical (unpaired) electrons. The number of Topliss-reactive ketones (excluding diaryl/α,β-unsaturated/α-hetero) is 1. The van der Waals surface area contributed by atoms with Crippen LogP contribution in [0.15, 0.2) is 0 Å². The van der Waals surface area contributed by atoms with E-state index in [-0.39, 0.29) is 36.7 Å². The Morgan fingerprint density at radius 1 is 0.958 bits per heavy atom. The normalized spacial score (nSPS) is 14.8. The molecule has 136 valence electrons. The molecule has 1 rings (SSSR count). The van der Waals surface area contributed by atoms with E-state index in [9.17, 15) is 19.2 Å². The van der Waals surface area contributed by atoms with Gasteiger partial charge in [0.2, 0.25) is 17.7 Å². The molecular formula is C16H27N3O4S. The average molecular weight is 357 g/mol. The summed E-state index contributed by atoms with van der Waals surface area (Å²) in [7, 11) is 0. The van der Waals surface area contributed by atoms with Crippen molar-refractivity contribution in [2.45, 2.75) is 45.3 Å². The van der Waals surface area contributed by atoms with Crippen LogP contribution in [0.5, 0.6) is 0 Å². The average Bonchev–Trinajstić information content (AvgIpc) is 3.34. The molecule has 0 aromatic heterocycles. The maximum absolute atomic E-state index is 12.2. The second-order valence-electron chi connectivity index (χ2n) is 6.27. The van der Waals surface area contributed by atoms with Gasteiger partial charge in [-0.05, 0) is 18.1 Å². The second-order valence-corrected chi connectivity index (χ2v) is 7.83. The van der Waals surface area contributed by atoms with E-state index in [1.807, 2.05) is 0 Å². The Hall–Kier alpha value is -1.57. The Bertz CT molecular complexity index is 490. The monoisotopic (exact) mass is 357 g/mol. The topological polar surface area (TPSA) is 104 Å². The van der Waals surface area contributed by atoms with Crippen molar-refractivity contribution < 1.29 is 19.2 Å². The number of nitrogens with one attached hydrogen (secondary N) is 3. The van der Waals surface area contributed by atoms with Gasteiger partial charge in [0.1, 0.15) is 0 Å². The van der Waals surface area contributed by atoms with Gasteiger partial charge in [0, 0.05) is 12.2 Å². The van der Waals surface area contributed by atoms with Crippen LogP contribution < -0.4 is 16.0 Å². The molecule has 1 saturated carbocycles. The highest BCUT2D eigenvalue weighted by molar-refractivity contribution is 7.99. The number of thioether (sulfide) groups is 1. The van der Waals surface area contributed by atoms with E-state index >= 15 is 0 Å². The molecule has 0 unspecified atom stereocenters. The molecule has 0 bridgehead atoms. The fraction of sp³-hybridized carbons (Fsp3) is 0.750. The third kappa shape index (κ3) is 7.33. The van der Waals surface area contributed by atoms with Crippen LogP contribution in [0.4, 0.5) is 0 Å². The van der Waals surface area contributed by atoms with Gasteiger partial charge in [-0.2, -0.15) is 11.8 Å². The van der Waals surface area contributed by atoms with E-state index in [4.69, 9.17) is 0 Å². The number of carbonyl (C=O) groups is 4. The number of ketones is 1. The predicted molar refractivity (Wildman–Crippen MR) is 93.6 cm³/mol. The molecule has 0 atom stereocenters. The summed E-state index contributed by atoms with van der Waals surface area (Å²) in [6.07, 6.45) is 2.07. The lowest BCUT2D eigenvalue weighted by Gasteiger charge is -2.16. The molecule has 0 aromatic rings. The van der Waals surface area contributed by atoms with E-state index in [1.54, 1.807) is 18.7 Å². The highest BCUT2D eigenvalue weighted by Crippen LogP contribution is 2.48. The van der Waals surface area contributed by atoms with Crippen LogP contribution in [0.3, 0.4) is 0 Å². The van der Waals surface area contributed by atoms with E-state index in [2.05, 4.69) is 29.8 Å². The Kier molecular flexibility index (Phi) is 8.24. The summed E-state index contributed by atoms with van der Waals surface area (Å²) in [5.74, 6) is -0.248. The van der Waals surface area contributed by atoms with Crippen molar-refractivity contribution in [3.63, 3.8) is 0 Å². The fourth-order valence-electron chi connectivity index (χ4n) is 1.89. The third-order valence-corrected chi connectivity index (χ3v) is 5.15. The third-order valence-electron chi connectivity index (χ3n) is 3.76. The lowest BCUT2D eigenvalue weighted by molar-refractivity contribution is -0.130. The molecule has 0 aromatic carbocycles. The van der Waals surface area contributed by atoms with Crippen molar-refractivity contribution in [1.29, 1.82) is 0 Å². The number of hydrogen-bond donors (Lipinski definition) is 3. The van der Waals surface area contributed by atoms with Crippen LogP contribution in [0, 0.1) is 5.41 Å². The van der Waals surface area contributed by atoms with Crippen molar-refractivity contribution in [3.05, 3.63) is 0 Å². The Morgan fingerprint density at radius 3 is 2.00 bits per heavy atom. The lowest BCUT2D eigenvalue weighted by Crippen LogP contribution is -2.44. The van der Waals surface area contributed by atoms with Gasteiger partial charge in [0.05, 0.1) is 25.0 Å². The zero-order chi connectivity index (χ0) is 18.2. The maximum atomic E-state index is 12.2. The Morgan fingerprint density at radius 2 is 1.50 bits per heavy atom. The molecule has 1 aliphatic rings. The standard InChI is InChI=1S/C16H27N3O4S/c1-4-12(20)7-17-13(21)8-18-14(22)9-19-15(23)16(5-6-16)10-24-11(2)3/h11H,4-10H2,1-3H3,(H,17,21)(H,18,22)(H,19,23). The molecule has 0 heterocycles. The fourth-order valence-corrected chi connectivity index (χ4v) is 2.96. The first-order chi connectivity index (χ1) is 11.3. The van der Waals surface area contributed by atoms with Crippen LogP contribution in [0.1, 0.15) is 40.0 Å². The summed E-state index contributed by atoms with van der Waals surface area (Å²) in [5.41, 5.74) is -0.326. The van der Waals surface area contributed by atoms with Crippen LogP contribution in [-0.4, -0.2) is 54.1 Å². The molecule has 1 aliphatic carbocycles. The van der Waals surface area contributed by atoms with Crippen molar-refractivity contribution in [2.75, 3.05) is 25.4 Å². The SMILES string of the molecule is CCC(=O)CNC(=O)CNC(=O)CNC(=O)C1(CSC(C)C)CC1. The molecule has 7 nitrogen and oxygen atoms in total. The van der Waals surface area contributed by atoms with Gasteiger partial charge in [-0.15, -0.1) is 0 Å². The van der Waals surface area contributed by atoms with E-state index in [0.717, 1.165) is 18.6 Å². The van der Waals surface area contributed by atoms with Crippen molar-refractivity contribution in [1.82, 2.24) is 16.0 Å². The zero-order valence-corrected chi connectivity index (χ0v) is 15.4. The summed E-state index contributed by atoms with van der Waals surface area (Å²) in [4.78, 5) is 46.4. The zero-order valence-electron chi connectivity index (χ0n) is 14.6. The summed E-state index contributed by atoms with van der Waals surface area (Å²) in [6, 6.07) is 0. The van der Waals surface area contributed by atoms with Gasteiger partial charge in [0.15, 0.2) is 5.78 Å². The smallest absolute Gasteiger partial charge is 0.239 e. The van der Waals surface area contributed by atoms with E-state index in [1.165, 1.54) is 0 Å². The number of amides is 3. The summed E-state index contributed by atoms with van der Waals surface area (Å²) in [6.45, 7) is 5.51.